The van der Waals surface area contributed by atoms with Crippen LogP contribution in [-0.2, 0) is 13.1 Å². The van der Waals surface area contributed by atoms with Crippen molar-refractivity contribution in [3.63, 3.8) is 0 Å². The van der Waals surface area contributed by atoms with E-state index in [1.165, 1.54) is 14.2 Å². The number of rotatable bonds is 8. The standard InChI is InChI=1S/2C18H16N2O2.2Ho.4NO3/c2*1-22-17-8-4-6-14(18(17)21)11-19-12-15-10-9-13-5-2-3-7-16(13)20-15;;;4*2-1(3)4/h2*2-10,12,21H,11H2,1H3;;;;;;/q;;2*+3;4*-1/p-2. The molecule has 0 N–H and O–H groups in total. The summed E-state index contributed by atoms with van der Waals surface area (Å²) in [5.41, 5.74) is 4.62. The van der Waals surface area contributed by atoms with Gasteiger partial charge in [-0.2, -0.15) is 0 Å². The quantitative estimate of drug-likeness (QED) is 0.0844. The number of nitrogens with zero attached hydrogens (tertiary/aromatic N) is 8. The molecule has 0 fully saturated rings. The van der Waals surface area contributed by atoms with E-state index in [9.17, 15) is 10.2 Å². The molecule has 0 saturated heterocycles. The molecule has 332 valence electrons. The zero-order valence-electron chi connectivity index (χ0n) is 31.7. The maximum Gasteiger partial charge on any atom is 3.00 e. The molecule has 0 saturated carbocycles. The van der Waals surface area contributed by atoms with E-state index in [2.05, 4.69) is 20.0 Å². The largest absolute Gasteiger partial charge is 3.00 e. The Morgan fingerprint density at radius 1 is 0.484 bits per heavy atom. The average molecular weight is 1160 g/mol. The number of benzene rings is 4. The number of aromatic nitrogens is 2. The summed E-state index contributed by atoms with van der Waals surface area (Å²) in [5.74, 6) is 0.454. The van der Waals surface area contributed by atoms with Gasteiger partial charge in [-0.25, -0.2) is 9.97 Å². The molecule has 6 rings (SSSR count). The minimum absolute atomic E-state index is 0. The van der Waals surface area contributed by atoms with Gasteiger partial charge in [-0.05, 0) is 47.5 Å². The summed E-state index contributed by atoms with van der Waals surface area (Å²) in [6.45, 7) is 0.620. The van der Waals surface area contributed by atoms with Crippen molar-refractivity contribution in [3.8, 4) is 23.0 Å². The fraction of sp³-hybridized carbons (Fsp3) is 0.111. The molecule has 62 heavy (non-hydrogen) atoms. The van der Waals surface area contributed by atoms with Gasteiger partial charge in [-0.3, -0.25) is 9.98 Å². The number of methoxy groups -OCH3 is 2. The predicted molar refractivity (Wildman–Crippen MR) is 212 cm³/mol. The van der Waals surface area contributed by atoms with Gasteiger partial charge in [0.15, 0.2) is 0 Å². The van der Waals surface area contributed by atoms with Gasteiger partial charge >= 0.3 is 75.5 Å². The Bertz CT molecular complexity index is 2190. The van der Waals surface area contributed by atoms with Crippen LogP contribution in [0.4, 0.5) is 0 Å². The molecule has 6 aromatic rings. The fourth-order valence-corrected chi connectivity index (χ4v) is 4.48. The van der Waals surface area contributed by atoms with E-state index in [0.29, 0.717) is 35.7 Å². The number of hydrogen-bond donors (Lipinski definition) is 0. The molecule has 0 bridgehead atoms. The van der Waals surface area contributed by atoms with Crippen molar-refractivity contribution in [2.24, 2.45) is 9.98 Å². The number of para-hydroxylation sites is 4. The van der Waals surface area contributed by atoms with Gasteiger partial charge in [0.25, 0.3) is 0 Å². The molecule has 0 aliphatic rings. The van der Waals surface area contributed by atoms with Crippen LogP contribution in [0.3, 0.4) is 0 Å². The van der Waals surface area contributed by atoms with Crippen LogP contribution in [0.2, 0.25) is 0 Å². The summed E-state index contributed by atoms with van der Waals surface area (Å²) in [7, 11) is 2.98. The van der Waals surface area contributed by atoms with Crippen molar-refractivity contribution in [2.75, 3.05) is 14.2 Å². The zero-order chi connectivity index (χ0) is 45.0. The predicted octanol–water partition coefficient (Wildman–Crippen LogP) is 4.92. The van der Waals surface area contributed by atoms with Crippen LogP contribution in [0.15, 0.2) is 119 Å². The van der Waals surface area contributed by atoms with Crippen molar-refractivity contribution < 1.29 is 116 Å². The Labute approximate surface area is 409 Å². The first-order chi connectivity index (χ1) is 28.5. The summed E-state index contributed by atoms with van der Waals surface area (Å²) >= 11 is 0. The molecule has 0 aliphatic heterocycles. The second-order valence-electron chi connectivity index (χ2n) is 10.6. The van der Waals surface area contributed by atoms with Crippen molar-refractivity contribution in [3.05, 3.63) is 193 Å². The summed E-state index contributed by atoms with van der Waals surface area (Å²) in [6.07, 6.45) is 3.37. The van der Waals surface area contributed by atoms with Crippen LogP contribution in [0.1, 0.15) is 22.5 Å². The minimum atomic E-state index is -1.75. The molecule has 26 heteroatoms. The molecule has 0 radical (unpaired) electrons. The fourth-order valence-electron chi connectivity index (χ4n) is 4.48. The molecule has 2 heterocycles. The molecular formula is C36H30Ho2N8O16. The van der Waals surface area contributed by atoms with E-state index in [1.54, 1.807) is 48.8 Å². The normalized spacial score (nSPS) is 9.45. The number of fused-ring (bicyclic) bond motifs is 2. The molecule has 4 aromatic carbocycles. The second kappa shape index (κ2) is 32.3. The first-order valence-electron chi connectivity index (χ1n) is 16.1. The van der Waals surface area contributed by atoms with E-state index in [1.807, 2.05) is 72.8 Å². The van der Waals surface area contributed by atoms with Crippen LogP contribution >= 0.6 is 0 Å². The van der Waals surface area contributed by atoms with Gasteiger partial charge in [0.2, 0.25) is 0 Å². The van der Waals surface area contributed by atoms with Gasteiger partial charge in [0, 0.05) is 23.2 Å². The smallest absolute Gasteiger partial charge is 0.870 e. The van der Waals surface area contributed by atoms with Crippen LogP contribution in [0.25, 0.3) is 21.8 Å². The third-order valence-electron chi connectivity index (χ3n) is 6.77. The van der Waals surface area contributed by atoms with E-state index >= 15 is 0 Å². The zero-order valence-corrected chi connectivity index (χ0v) is 35.5. The van der Waals surface area contributed by atoms with Gasteiger partial charge in [-0.15, -0.1) is 0 Å². The Hall–Kier alpha value is -6.44. The van der Waals surface area contributed by atoms with Gasteiger partial charge < -0.3 is 81.0 Å². The summed E-state index contributed by atoms with van der Waals surface area (Å²) < 4.78 is 10.0. The molecule has 0 unspecified atom stereocenters. The SMILES string of the molecule is COc1cccc(CN=Cc2ccc3ccccc3n2)c1[O-].COc1cccc(CN=Cc2ccc3ccccc3n2)c1[O-].O=[N+]([O-])[O-].O=[N+]([O-])[O-].O=[N+]([O-])[O-].O=[N+]([O-])[O-].[Ho+3].[Ho+3]. The molecule has 0 spiro atoms. The van der Waals surface area contributed by atoms with Crippen LogP contribution in [-0.4, -0.2) is 57.0 Å². The summed E-state index contributed by atoms with van der Waals surface area (Å²) in [6, 6.07) is 34.1. The number of aliphatic imine (C=N–C) groups is 2. The monoisotopic (exact) mass is 1160 g/mol. The maximum absolute atomic E-state index is 12.0. The van der Waals surface area contributed by atoms with Crippen LogP contribution in [0, 0.1) is 137 Å². The Morgan fingerprint density at radius 3 is 1.10 bits per heavy atom. The van der Waals surface area contributed by atoms with E-state index in [-0.39, 0.29) is 87.0 Å². The van der Waals surface area contributed by atoms with Crippen LogP contribution < -0.4 is 19.7 Å². The number of hydrogen-bond acceptors (Lipinski definition) is 20. The molecule has 0 aliphatic carbocycles. The topological polar surface area (TPSA) is 380 Å². The van der Waals surface area contributed by atoms with Gasteiger partial charge in [0.05, 0.1) is 70.1 Å². The third-order valence-corrected chi connectivity index (χ3v) is 6.77. The van der Waals surface area contributed by atoms with E-state index in [0.717, 1.165) is 33.2 Å². The van der Waals surface area contributed by atoms with Crippen molar-refractivity contribution in [1.82, 2.24) is 9.97 Å². The molecule has 24 nitrogen and oxygen atoms in total. The van der Waals surface area contributed by atoms with E-state index < -0.39 is 20.3 Å². The van der Waals surface area contributed by atoms with Gasteiger partial charge in [0.1, 0.15) is 11.5 Å². The van der Waals surface area contributed by atoms with Gasteiger partial charge in [-0.1, -0.05) is 84.3 Å². The van der Waals surface area contributed by atoms with Crippen molar-refractivity contribution in [2.45, 2.75) is 13.1 Å². The first-order valence-corrected chi connectivity index (χ1v) is 16.1. The second-order valence-corrected chi connectivity index (χ2v) is 10.6. The average Bonchev–Trinajstić information content (AvgIpc) is 3.18. The minimum Gasteiger partial charge on any atom is -0.870 e. The molecule has 0 atom stereocenters. The van der Waals surface area contributed by atoms with Crippen molar-refractivity contribution in [1.29, 1.82) is 0 Å². The summed E-state index contributed by atoms with van der Waals surface area (Å²) in [4.78, 5) is 50.6. The first kappa shape index (κ1) is 57.7. The van der Waals surface area contributed by atoms with Crippen LogP contribution in [0.5, 0.6) is 23.0 Å². The molecule has 0 amide bonds. The molecule has 2 aromatic heterocycles. The molecular weight excluding hydrogens is 1130 g/mol. The Kier molecular flexibility index (Phi) is 30.1. The third kappa shape index (κ3) is 24.6. The number of ether oxygens (including phenoxy) is 2. The number of pyridine rings is 2. The van der Waals surface area contributed by atoms with Crippen molar-refractivity contribution >= 4 is 34.2 Å². The Balaban J connectivity index is 0. The summed E-state index contributed by atoms with van der Waals surface area (Å²) in [5, 5.41) is 85.2. The maximum atomic E-state index is 12.0. The Morgan fingerprint density at radius 2 is 0.790 bits per heavy atom. The van der Waals surface area contributed by atoms with E-state index in [4.69, 9.17) is 70.8 Å².